The van der Waals surface area contributed by atoms with Crippen molar-refractivity contribution in [1.29, 1.82) is 0 Å². The van der Waals surface area contributed by atoms with Gasteiger partial charge in [-0.2, -0.15) is 0 Å². The standard InChI is InChI=1S/C18H20FN5OS/c19-13-3-6-16-17(11-22-18(16)9-13)12-1-4-15(5-2-12)26(25)24-8-7-14(20)10-23-21/h1-6,9-11,22-24H,7-8,20-21H2/b14-10-. The predicted octanol–water partition coefficient (Wildman–Crippen LogP) is 2.24. The molecular weight excluding hydrogens is 353 g/mol. The van der Waals surface area contributed by atoms with Crippen molar-refractivity contribution >= 4 is 21.9 Å². The molecule has 0 saturated heterocycles. The van der Waals surface area contributed by atoms with Crippen LogP contribution in [0.2, 0.25) is 0 Å². The summed E-state index contributed by atoms with van der Waals surface area (Å²) in [5.41, 5.74) is 11.3. The molecule has 1 atom stereocenters. The van der Waals surface area contributed by atoms with Crippen molar-refractivity contribution in [2.24, 2.45) is 11.6 Å². The number of hydrogen-bond donors (Lipinski definition) is 5. The molecule has 1 aromatic heterocycles. The van der Waals surface area contributed by atoms with E-state index in [-0.39, 0.29) is 5.82 Å². The Morgan fingerprint density at radius 3 is 2.73 bits per heavy atom. The lowest BCUT2D eigenvalue weighted by atomic mass is 10.1. The van der Waals surface area contributed by atoms with Crippen molar-refractivity contribution in [1.82, 2.24) is 15.1 Å². The number of hydrogen-bond acceptors (Lipinski definition) is 4. The molecule has 0 aliphatic carbocycles. The fourth-order valence-electron chi connectivity index (χ4n) is 2.65. The van der Waals surface area contributed by atoms with E-state index in [2.05, 4.69) is 15.1 Å². The maximum atomic E-state index is 13.3. The summed E-state index contributed by atoms with van der Waals surface area (Å²) in [6.07, 6.45) is 3.86. The number of H-pyrrole nitrogens is 1. The first-order valence-corrected chi connectivity index (χ1v) is 9.16. The van der Waals surface area contributed by atoms with Crippen molar-refractivity contribution in [3.05, 3.63) is 66.4 Å². The maximum Gasteiger partial charge on any atom is 0.125 e. The van der Waals surface area contributed by atoms with Crippen LogP contribution in [0.3, 0.4) is 0 Å². The van der Waals surface area contributed by atoms with Gasteiger partial charge in [0, 0.05) is 47.5 Å². The number of hydrazine groups is 1. The van der Waals surface area contributed by atoms with E-state index in [1.54, 1.807) is 18.2 Å². The van der Waals surface area contributed by atoms with Gasteiger partial charge in [-0.25, -0.2) is 13.3 Å². The fraction of sp³-hybridized carbons (Fsp3) is 0.111. The molecule has 136 valence electrons. The number of nitrogens with two attached hydrogens (primary N) is 2. The second-order valence-corrected chi connectivity index (χ2v) is 7.01. The van der Waals surface area contributed by atoms with Crippen LogP contribution in [0, 0.1) is 5.82 Å². The molecule has 8 heteroatoms. The van der Waals surface area contributed by atoms with Gasteiger partial charge in [-0.1, -0.05) is 12.1 Å². The van der Waals surface area contributed by atoms with E-state index in [4.69, 9.17) is 11.6 Å². The van der Waals surface area contributed by atoms with Crippen molar-refractivity contribution in [3.8, 4) is 11.1 Å². The summed E-state index contributed by atoms with van der Waals surface area (Å²) in [6.45, 7) is 0.465. The average Bonchev–Trinajstić information content (AvgIpc) is 3.05. The SMILES string of the molecule is NN/C=C(\N)CCNS(=O)c1ccc(-c2c[nH]c3cc(F)ccc23)cc1. The second kappa shape index (κ2) is 8.13. The average molecular weight is 373 g/mol. The van der Waals surface area contributed by atoms with Gasteiger partial charge in [-0.05, 0) is 35.9 Å². The number of halogens is 1. The van der Waals surface area contributed by atoms with Crippen molar-refractivity contribution in [2.45, 2.75) is 11.3 Å². The van der Waals surface area contributed by atoms with Crippen LogP contribution in [-0.2, 0) is 11.0 Å². The normalized spacial score (nSPS) is 13.1. The number of rotatable bonds is 7. The molecule has 1 heterocycles. The van der Waals surface area contributed by atoms with Gasteiger partial charge in [0.1, 0.15) is 16.8 Å². The third-order valence-electron chi connectivity index (χ3n) is 3.94. The Morgan fingerprint density at radius 1 is 1.23 bits per heavy atom. The van der Waals surface area contributed by atoms with Gasteiger partial charge in [0.2, 0.25) is 0 Å². The zero-order valence-electron chi connectivity index (χ0n) is 14.0. The molecule has 0 aliphatic heterocycles. The molecule has 0 radical (unpaired) electrons. The Kier molecular flexibility index (Phi) is 5.67. The lowest BCUT2D eigenvalue weighted by Crippen LogP contribution is -2.22. The third kappa shape index (κ3) is 4.10. The van der Waals surface area contributed by atoms with Gasteiger partial charge in [0.05, 0.1) is 4.90 Å². The highest BCUT2D eigenvalue weighted by Crippen LogP contribution is 2.29. The van der Waals surface area contributed by atoms with E-state index < -0.39 is 11.0 Å². The van der Waals surface area contributed by atoms with Crippen molar-refractivity contribution in [2.75, 3.05) is 6.54 Å². The first kappa shape index (κ1) is 18.1. The highest BCUT2D eigenvalue weighted by atomic mass is 32.2. The minimum Gasteiger partial charge on any atom is -0.401 e. The molecule has 3 rings (SSSR count). The van der Waals surface area contributed by atoms with E-state index in [1.165, 1.54) is 18.3 Å². The minimum atomic E-state index is -1.33. The second-order valence-electron chi connectivity index (χ2n) is 5.72. The summed E-state index contributed by atoms with van der Waals surface area (Å²) >= 11 is 0. The first-order valence-electron chi connectivity index (χ1n) is 8.01. The molecule has 6 nitrogen and oxygen atoms in total. The summed E-state index contributed by atoms with van der Waals surface area (Å²) in [6, 6.07) is 12.1. The fourth-order valence-corrected chi connectivity index (χ4v) is 3.48. The molecule has 0 spiro atoms. The van der Waals surface area contributed by atoms with Gasteiger partial charge in [-0.15, -0.1) is 0 Å². The predicted molar refractivity (Wildman–Crippen MR) is 102 cm³/mol. The molecule has 0 aliphatic rings. The summed E-state index contributed by atoms with van der Waals surface area (Å²) < 4.78 is 28.5. The smallest absolute Gasteiger partial charge is 0.125 e. The Labute approximate surface area is 153 Å². The van der Waals surface area contributed by atoms with Crippen LogP contribution in [0.4, 0.5) is 4.39 Å². The molecule has 1 unspecified atom stereocenters. The van der Waals surface area contributed by atoms with Crippen LogP contribution in [-0.4, -0.2) is 15.7 Å². The molecule has 3 aromatic rings. The van der Waals surface area contributed by atoms with E-state index >= 15 is 0 Å². The zero-order valence-corrected chi connectivity index (χ0v) is 14.8. The van der Waals surface area contributed by atoms with Gasteiger partial charge in [0.15, 0.2) is 0 Å². The van der Waals surface area contributed by atoms with Crippen LogP contribution in [0.1, 0.15) is 6.42 Å². The number of fused-ring (bicyclic) bond motifs is 1. The molecule has 7 N–H and O–H groups in total. The topological polar surface area (TPSA) is 109 Å². The molecule has 26 heavy (non-hydrogen) atoms. The maximum absolute atomic E-state index is 13.3. The van der Waals surface area contributed by atoms with E-state index in [0.717, 1.165) is 22.0 Å². The number of aromatic amines is 1. The van der Waals surface area contributed by atoms with Gasteiger partial charge in [0.25, 0.3) is 0 Å². The van der Waals surface area contributed by atoms with Crippen molar-refractivity contribution < 1.29 is 8.60 Å². The number of nitrogens with one attached hydrogen (secondary N) is 3. The monoisotopic (exact) mass is 373 g/mol. The molecule has 0 amide bonds. The Morgan fingerprint density at radius 2 is 2.00 bits per heavy atom. The Balaban J connectivity index is 1.70. The van der Waals surface area contributed by atoms with Gasteiger partial charge < -0.3 is 16.1 Å². The lowest BCUT2D eigenvalue weighted by molar-refractivity contribution is 0.629. The summed E-state index contributed by atoms with van der Waals surface area (Å²) in [4.78, 5) is 3.74. The highest BCUT2D eigenvalue weighted by Gasteiger charge is 2.09. The minimum absolute atomic E-state index is 0.277. The van der Waals surface area contributed by atoms with Crippen LogP contribution >= 0.6 is 0 Å². The van der Waals surface area contributed by atoms with Gasteiger partial charge in [-0.3, -0.25) is 5.84 Å². The summed E-state index contributed by atoms with van der Waals surface area (Å²) in [7, 11) is -1.33. The van der Waals surface area contributed by atoms with Gasteiger partial charge >= 0.3 is 0 Å². The first-order chi connectivity index (χ1) is 12.6. The van der Waals surface area contributed by atoms with Crippen molar-refractivity contribution in [3.63, 3.8) is 0 Å². The van der Waals surface area contributed by atoms with Crippen LogP contribution in [0.5, 0.6) is 0 Å². The molecule has 0 fully saturated rings. The van der Waals surface area contributed by atoms with Crippen LogP contribution in [0.25, 0.3) is 22.0 Å². The quantitative estimate of drug-likeness (QED) is 0.323. The highest BCUT2D eigenvalue weighted by molar-refractivity contribution is 7.83. The zero-order chi connectivity index (χ0) is 18.5. The van der Waals surface area contributed by atoms with E-state index in [1.807, 2.05) is 18.3 Å². The Hall–Kier alpha value is -2.68. The van der Waals surface area contributed by atoms with Crippen LogP contribution in [0.15, 0.2) is 65.5 Å². The summed E-state index contributed by atoms with van der Waals surface area (Å²) in [5, 5.41) is 0.939. The third-order valence-corrected chi connectivity index (χ3v) is 5.11. The molecule has 2 aromatic carbocycles. The summed E-state index contributed by atoms with van der Waals surface area (Å²) in [5.74, 6) is 4.86. The lowest BCUT2D eigenvalue weighted by Gasteiger charge is -2.06. The van der Waals surface area contributed by atoms with E-state index in [0.29, 0.717) is 23.6 Å². The number of benzene rings is 2. The molecule has 0 saturated carbocycles. The molecular formula is C18H20FN5OS. The molecule has 0 bridgehead atoms. The van der Waals surface area contributed by atoms with E-state index in [9.17, 15) is 8.60 Å². The largest absolute Gasteiger partial charge is 0.401 e. The number of aromatic nitrogens is 1. The van der Waals surface area contributed by atoms with Crippen LogP contribution < -0.4 is 21.7 Å². The Bertz CT molecular complexity index is 952.